The Morgan fingerprint density at radius 2 is 1.88 bits per heavy atom. The molecule has 130 valence electrons. The van der Waals surface area contributed by atoms with E-state index in [1.165, 1.54) is 6.07 Å². The van der Waals surface area contributed by atoms with E-state index in [0.29, 0.717) is 5.02 Å². The Bertz CT molecular complexity index is 808. The Kier molecular flexibility index (Phi) is 5.91. The predicted molar refractivity (Wildman–Crippen MR) is 91.1 cm³/mol. The first kappa shape index (κ1) is 18.2. The number of non-ortho nitro benzene ring substituents is 1. The summed E-state index contributed by atoms with van der Waals surface area (Å²) in [4.78, 5) is 33.6. The lowest BCUT2D eigenvalue weighted by Crippen LogP contribution is -2.28. The molecule has 0 saturated heterocycles. The zero-order valence-corrected chi connectivity index (χ0v) is 13.7. The number of hydrogen-bond donors (Lipinski definition) is 2. The van der Waals surface area contributed by atoms with Gasteiger partial charge in [-0.1, -0.05) is 23.7 Å². The molecule has 0 radical (unpaired) electrons. The number of hydrogen-bond acceptors (Lipinski definition) is 6. The number of amides is 1. The molecule has 0 bridgehead atoms. The molecule has 0 aliphatic rings. The van der Waals surface area contributed by atoms with Crippen LogP contribution in [0.25, 0.3) is 0 Å². The SMILES string of the molecule is Nc1cc([N+](=O)[O-])ccc1C(=O)OCC(=O)NCc1ccc(Cl)cc1. The van der Waals surface area contributed by atoms with E-state index in [2.05, 4.69) is 5.32 Å². The number of nitrogen functional groups attached to an aromatic ring is 1. The summed E-state index contributed by atoms with van der Waals surface area (Å²) >= 11 is 5.76. The molecule has 25 heavy (non-hydrogen) atoms. The number of nitro benzene ring substituents is 1. The Morgan fingerprint density at radius 3 is 2.48 bits per heavy atom. The van der Waals surface area contributed by atoms with Crippen molar-refractivity contribution in [2.75, 3.05) is 12.3 Å². The Hall–Kier alpha value is -3.13. The van der Waals surface area contributed by atoms with Crippen LogP contribution in [0.5, 0.6) is 0 Å². The number of anilines is 1. The zero-order chi connectivity index (χ0) is 18.4. The zero-order valence-electron chi connectivity index (χ0n) is 12.9. The minimum atomic E-state index is -0.839. The highest BCUT2D eigenvalue weighted by molar-refractivity contribution is 6.30. The van der Waals surface area contributed by atoms with Crippen molar-refractivity contribution in [3.63, 3.8) is 0 Å². The van der Waals surface area contributed by atoms with E-state index in [0.717, 1.165) is 17.7 Å². The molecule has 0 atom stereocenters. The van der Waals surface area contributed by atoms with Crippen molar-refractivity contribution in [1.82, 2.24) is 5.32 Å². The monoisotopic (exact) mass is 363 g/mol. The maximum atomic E-state index is 11.9. The van der Waals surface area contributed by atoms with Gasteiger partial charge in [-0.05, 0) is 23.8 Å². The van der Waals surface area contributed by atoms with Crippen LogP contribution >= 0.6 is 11.6 Å². The number of esters is 1. The van der Waals surface area contributed by atoms with Crippen LogP contribution in [0, 0.1) is 10.1 Å². The van der Waals surface area contributed by atoms with Crippen molar-refractivity contribution in [3.05, 3.63) is 68.7 Å². The van der Waals surface area contributed by atoms with Gasteiger partial charge in [0.05, 0.1) is 16.2 Å². The summed E-state index contributed by atoms with van der Waals surface area (Å²) < 4.78 is 4.86. The molecular weight excluding hydrogens is 350 g/mol. The molecule has 0 saturated carbocycles. The summed E-state index contributed by atoms with van der Waals surface area (Å²) in [5, 5.41) is 13.8. The first-order valence-corrected chi connectivity index (χ1v) is 7.47. The quantitative estimate of drug-likeness (QED) is 0.351. The fourth-order valence-electron chi connectivity index (χ4n) is 1.91. The second kappa shape index (κ2) is 8.11. The van der Waals surface area contributed by atoms with Crippen molar-refractivity contribution in [2.45, 2.75) is 6.54 Å². The van der Waals surface area contributed by atoms with Crippen LogP contribution in [0.2, 0.25) is 5.02 Å². The number of halogens is 1. The number of rotatable bonds is 6. The molecule has 3 N–H and O–H groups in total. The van der Waals surface area contributed by atoms with Crippen LogP contribution in [0.1, 0.15) is 15.9 Å². The summed E-state index contributed by atoms with van der Waals surface area (Å²) in [7, 11) is 0. The molecule has 2 aromatic rings. The maximum absolute atomic E-state index is 11.9. The third-order valence-corrected chi connectivity index (χ3v) is 3.46. The van der Waals surface area contributed by atoms with E-state index in [1.807, 2.05) is 0 Å². The molecule has 2 rings (SSSR count). The molecular formula is C16H14ClN3O5. The number of nitrogens with one attached hydrogen (secondary N) is 1. The lowest BCUT2D eigenvalue weighted by molar-refractivity contribution is -0.384. The van der Waals surface area contributed by atoms with Gasteiger partial charge in [0.2, 0.25) is 0 Å². The van der Waals surface area contributed by atoms with Crippen LogP contribution in [-0.2, 0) is 16.1 Å². The first-order valence-electron chi connectivity index (χ1n) is 7.09. The number of carbonyl (C=O) groups excluding carboxylic acids is 2. The van der Waals surface area contributed by atoms with Gasteiger partial charge in [0.1, 0.15) is 0 Å². The highest BCUT2D eigenvalue weighted by Crippen LogP contribution is 2.20. The largest absolute Gasteiger partial charge is 0.452 e. The van der Waals surface area contributed by atoms with Crippen LogP contribution in [-0.4, -0.2) is 23.4 Å². The molecule has 0 unspecified atom stereocenters. The van der Waals surface area contributed by atoms with Gasteiger partial charge in [0.25, 0.3) is 11.6 Å². The molecule has 8 nitrogen and oxygen atoms in total. The lowest BCUT2D eigenvalue weighted by Gasteiger charge is -2.08. The molecule has 2 aromatic carbocycles. The molecule has 1 amide bonds. The molecule has 0 heterocycles. The van der Waals surface area contributed by atoms with Crippen LogP contribution < -0.4 is 11.1 Å². The van der Waals surface area contributed by atoms with E-state index >= 15 is 0 Å². The van der Waals surface area contributed by atoms with Gasteiger partial charge in [0, 0.05) is 23.7 Å². The normalized spacial score (nSPS) is 10.1. The van der Waals surface area contributed by atoms with E-state index in [4.69, 9.17) is 22.1 Å². The molecule has 0 spiro atoms. The fraction of sp³-hybridized carbons (Fsp3) is 0.125. The molecule has 0 aromatic heterocycles. The standard InChI is InChI=1S/C16H14ClN3O5/c17-11-3-1-10(2-4-11)8-19-15(21)9-25-16(22)13-6-5-12(20(23)24)7-14(13)18/h1-7H,8-9,18H2,(H,19,21). The van der Waals surface area contributed by atoms with E-state index in [-0.39, 0.29) is 23.5 Å². The number of benzene rings is 2. The number of carbonyl (C=O) groups is 2. The number of nitrogens with zero attached hydrogens (tertiary/aromatic N) is 1. The maximum Gasteiger partial charge on any atom is 0.340 e. The fourth-order valence-corrected chi connectivity index (χ4v) is 2.04. The van der Waals surface area contributed by atoms with Crippen molar-refractivity contribution >= 4 is 34.9 Å². The molecule has 0 fully saturated rings. The van der Waals surface area contributed by atoms with Crippen LogP contribution in [0.15, 0.2) is 42.5 Å². The number of ether oxygens (including phenoxy) is 1. The minimum absolute atomic E-state index is 0.0453. The summed E-state index contributed by atoms with van der Waals surface area (Å²) in [6.45, 7) is -0.240. The van der Waals surface area contributed by atoms with Crippen LogP contribution in [0.4, 0.5) is 11.4 Å². The van der Waals surface area contributed by atoms with E-state index < -0.39 is 23.4 Å². The summed E-state index contributed by atoms with van der Waals surface area (Å²) in [6, 6.07) is 10.3. The second-order valence-electron chi connectivity index (χ2n) is 5.01. The van der Waals surface area contributed by atoms with Gasteiger partial charge in [-0.2, -0.15) is 0 Å². The van der Waals surface area contributed by atoms with Gasteiger partial charge < -0.3 is 15.8 Å². The first-order chi connectivity index (χ1) is 11.9. The molecule has 0 aliphatic carbocycles. The smallest absolute Gasteiger partial charge is 0.340 e. The lowest BCUT2D eigenvalue weighted by atomic mass is 10.1. The Morgan fingerprint density at radius 1 is 1.20 bits per heavy atom. The van der Waals surface area contributed by atoms with Crippen molar-refractivity contribution in [1.29, 1.82) is 0 Å². The topological polar surface area (TPSA) is 125 Å². The average molecular weight is 364 g/mol. The van der Waals surface area contributed by atoms with Gasteiger partial charge >= 0.3 is 5.97 Å². The van der Waals surface area contributed by atoms with Crippen molar-refractivity contribution in [2.24, 2.45) is 0 Å². The minimum Gasteiger partial charge on any atom is -0.452 e. The average Bonchev–Trinajstić information content (AvgIpc) is 2.59. The molecule has 9 heteroatoms. The van der Waals surface area contributed by atoms with Crippen molar-refractivity contribution < 1.29 is 19.2 Å². The Balaban J connectivity index is 1.85. The number of nitrogens with two attached hydrogens (primary N) is 1. The summed E-state index contributed by atoms with van der Waals surface area (Å²) in [5.41, 5.74) is 6.05. The number of nitro groups is 1. The van der Waals surface area contributed by atoms with Gasteiger partial charge in [-0.3, -0.25) is 14.9 Å². The third-order valence-electron chi connectivity index (χ3n) is 3.20. The summed E-state index contributed by atoms with van der Waals surface area (Å²) in [5.74, 6) is -1.34. The highest BCUT2D eigenvalue weighted by Gasteiger charge is 2.16. The van der Waals surface area contributed by atoms with Gasteiger partial charge in [-0.25, -0.2) is 4.79 Å². The summed E-state index contributed by atoms with van der Waals surface area (Å²) in [6.07, 6.45) is 0. The van der Waals surface area contributed by atoms with Gasteiger partial charge in [0.15, 0.2) is 6.61 Å². The third kappa shape index (κ3) is 5.18. The second-order valence-corrected chi connectivity index (χ2v) is 5.44. The predicted octanol–water partition coefficient (Wildman–Crippen LogP) is 2.30. The Labute approximate surface area is 147 Å². The van der Waals surface area contributed by atoms with E-state index in [9.17, 15) is 19.7 Å². The highest BCUT2D eigenvalue weighted by atomic mass is 35.5. The van der Waals surface area contributed by atoms with Crippen molar-refractivity contribution in [3.8, 4) is 0 Å². The van der Waals surface area contributed by atoms with Gasteiger partial charge in [-0.15, -0.1) is 0 Å². The van der Waals surface area contributed by atoms with E-state index in [1.54, 1.807) is 24.3 Å². The molecule has 0 aliphatic heterocycles. The van der Waals surface area contributed by atoms with Crippen LogP contribution in [0.3, 0.4) is 0 Å².